The minimum atomic E-state index is -0.191. The van der Waals surface area contributed by atoms with Crippen molar-refractivity contribution in [3.8, 4) is 0 Å². The second-order valence-corrected chi connectivity index (χ2v) is 6.77. The lowest BCUT2D eigenvalue weighted by atomic mass is 10.1. The topological polar surface area (TPSA) is 36.8 Å². The lowest BCUT2D eigenvalue weighted by Crippen LogP contribution is -3.13. The molecule has 5 heteroatoms. The first-order chi connectivity index (χ1) is 12.0. The van der Waals surface area contributed by atoms with Crippen molar-refractivity contribution in [2.24, 2.45) is 0 Å². The van der Waals surface area contributed by atoms with Crippen LogP contribution in [0.5, 0.6) is 0 Å². The summed E-state index contributed by atoms with van der Waals surface area (Å²) in [5.41, 5.74) is 4.22. The number of rotatable bonds is 3. The smallest absolute Gasteiger partial charge is 0.322 e. The molecule has 0 atom stereocenters. The Morgan fingerprint density at radius 2 is 1.88 bits per heavy atom. The van der Waals surface area contributed by atoms with Crippen LogP contribution in [0.25, 0.3) is 0 Å². The number of benzene rings is 2. The third-order valence-electron chi connectivity index (χ3n) is 4.86. The van der Waals surface area contributed by atoms with Crippen molar-refractivity contribution in [1.82, 2.24) is 4.90 Å². The van der Waals surface area contributed by atoms with E-state index in [4.69, 9.17) is 0 Å². The van der Waals surface area contributed by atoms with E-state index >= 15 is 0 Å². The molecule has 1 fully saturated rings. The third kappa shape index (κ3) is 4.57. The van der Waals surface area contributed by atoms with Crippen LogP contribution in [0.15, 0.2) is 42.5 Å². The number of aryl methyl sites for hydroxylation is 2. The minimum Gasteiger partial charge on any atom is -0.328 e. The van der Waals surface area contributed by atoms with Crippen molar-refractivity contribution in [2.45, 2.75) is 20.4 Å². The summed E-state index contributed by atoms with van der Waals surface area (Å²) >= 11 is 0. The van der Waals surface area contributed by atoms with Gasteiger partial charge in [0.25, 0.3) is 0 Å². The molecule has 1 aliphatic heterocycles. The molecule has 132 valence electrons. The highest BCUT2D eigenvalue weighted by Gasteiger charge is 2.23. The van der Waals surface area contributed by atoms with Gasteiger partial charge in [-0.05, 0) is 49.2 Å². The maximum absolute atomic E-state index is 13.3. The summed E-state index contributed by atoms with van der Waals surface area (Å²) in [6.07, 6.45) is 0. The van der Waals surface area contributed by atoms with E-state index < -0.39 is 0 Å². The Morgan fingerprint density at radius 1 is 1.12 bits per heavy atom. The normalized spacial score (nSPS) is 15.2. The second-order valence-electron chi connectivity index (χ2n) is 6.77. The molecule has 2 aromatic rings. The van der Waals surface area contributed by atoms with Crippen molar-refractivity contribution >= 4 is 11.7 Å². The van der Waals surface area contributed by atoms with Gasteiger partial charge in [0.1, 0.15) is 12.4 Å². The van der Waals surface area contributed by atoms with Crippen LogP contribution < -0.4 is 10.2 Å². The fourth-order valence-electron chi connectivity index (χ4n) is 3.16. The Balaban J connectivity index is 1.51. The molecule has 0 aromatic heterocycles. The average Bonchev–Trinajstić information content (AvgIpc) is 2.59. The first-order valence-electron chi connectivity index (χ1n) is 8.72. The zero-order chi connectivity index (χ0) is 17.8. The van der Waals surface area contributed by atoms with Crippen molar-refractivity contribution < 1.29 is 14.1 Å². The average molecular weight is 342 g/mol. The molecule has 0 radical (unpaired) electrons. The van der Waals surface area contributed by atoms with Crippen molar-refractivity contribution in [3.05, 3.63) is 65.0 Å². The lowest BCUT2D eigenvalue weighted by Gasteiger charge is -2.32. The number of carbonyl (C=O) groups excluding carboxylic acids is 1. The summed E-state index contributed by atoms with van der Waals surface area (Å²) in [4.78, 5) is 15.7. The van der Waals surface area contributed by atoms with Gasteiger partial charge in [-0.2, -0.15) is 0 Å². The van der Waals surface area contributed by atoms with Crippen LogP contribution in [0.2, 0.25) is 0 Å². The number of amides is 2. The quantitative estimate of drug-likeness (QED) is 0.883. The Morgan fingerprint density at radius 3 is 2.56 bits per heavy atom. The summed E-state index contributed by atoms with van der Waals surface area (Å²) in [6, 6.07) is 12.7. The van der Waals surface area contributed by atoms with E-state index in [-0.39, 0.29) is 11.8 Å². The monoisotopic (exact) mass is 342 g/mol. The molecule has 2 aromatic carbocycles. The number of carbonyl (C=O) groups is 1. The van der Waals surface area contributed by atoms with Crippen LogP contribution in [0, 0.1) is 19.7 Å². The van der Waals surface area contributed by atoms with E-state index in [1.807, 2.05) is 36.1 Å². The van der Waals surface area contributed by atoms with E-state index in [0.717, 1.165) is 30.9 Å². The van der Waals surface area contributed by atoms with Gasteiger partial charge in [-0.25, -0.2) is 9.18 Å². The van der Waals surface area contributed by atoms with Gasteiger partial charge in [0.15, 0.2) is 0 Å². The maximum atomic E-state index is 13.3. The van der Waals surface area contributed by atoms with E-state index in [2.05, 4.69) is 12.2 Å². The van der Waals surface area contributed by atoms with Gasteiger partial charge in [0.05, 0.1) is 26.2 Å². The fraction of sp³-hybridized carbons (Fsp3) is 0.350. The number of urea groups is 1. The fourth-order valence-corrected chi connectivity index (χ4v) is 3.16. The van der Waals surface area contributed by atoms with E-state index in [0.29, 0.717) is 13.1 Å². The molecular weight excluding hydrogens is 317 g/mol. The molecule has 1 heterocycles. The molecule has 0 saturated carbocycles. The summed E-state index contributed by atoms with van der Waals surface area (Å²) in [7, 11) is 0. The SMILES string of the molecule is Cc1ccc(NC(=O)N2CC[NH+](Cc3cccc(F)c3)CC2)cc1C. The van der Waals surface area contributed by atoms with E-state index in [1.165, 1.54) is 22.1 Å². The molecule has 0 aliphatic carbocycles. The van der Waals surface area contributed by atoms with Crippen molar-refractivity contribution in [3.63, 3.8) is 0 Å². The molecule has 1 aliphatic rings. The highest BCUT2D eigenvalue weighted by Crippen LogP contribution is 2.14. The minimum absolute atomic E-state index is 0.0481. The summed E-state index contributed by atoms with van der Waals surface area (Å²) < 4.78 is 13.3. The first kappa shape index (κ1) is 17.4. The highest BCUT2D eigenvalue weighted by atomic mass is 19.1. The third-order valence-corrected chi connectivity index (χ3v) is 4.86. The molecule has 2 amide bonds. The Hall–Kier alpha value is -2.40. The summed E-state index contributed by atoms with van der Waals surface area (Å²) in [6.45, 7) is 8.06. The number of nitrogens with one attached hydrogen (secondary N) is 2. The Kier molecular flexibility index (Phi) is 5.34. The predicted octanol–water partition coefficient (Wildman–Crippen LogP) is 2.38. The maximum Gasteiger partial charge on any atom is 0.322 e. The van der Waals surface area contributed by atoms with Crippen LogP contribution in [0.4, 0.5) is 14.9 Å². The summed E-state index contributed by atoms with van der Waals surface area (Å²) in [5.74, 6) is -0.191. The molecule has 4 nitrogen and oxygen atoms in total. The van der Waals surface area contributed by atoms with Gasteiger partial charge in [0, 0.05) is 11.3 Å². The molecule has 3 rings (SSSR count). The van der Waals surface area contributed by atoms with Gasteiger partial charge >= 0.3 is 6.03 Å². The van der Waals surface area contributed by atoms with Gasteiger partial charge in [-0.1, -0.05) is 18.2 Å². The number of halogens is 1. The number of nitrogens with zero attached hydrogens (tertiary/aromatic N) is 1. The van der Waals surface area contributed by atoms with Crippen LogP contribution in [-0.4, -0.2) is 37.1 Å². The van der Waals surface area contributed by atoms with E-state index in [9.17, 15) is 9.18 Å². The highest BCUT2D eigenvalue weighted by molar-refractivity contribution is 5.89. The molecule has 2 N–H and O–H groups in total. The number of hydrogen-bond acceptors (Lipinski definition) is 1. The number of hydrogen-bond donors (Lipinski definition) is 2. The van der Waals surface area contributed by atoms with Gasteiger partial charge in [-0.15, -0.1) is 0 Å². The zero-order valence-corrected chi connectivity index (χ0v) is 14.8. The molecule has 0 spiro atoms. The lowest BCUT2D eigenvalue weighted by molar-refractivity contribution is -0.917. The second kappa shape index (κ2) is 7.66. The molecular formula is C20H25FN3O+. The van der Waals surface area contributed by atoms with Crippen LogP contribution in [-0.2, 0) is 6.54 Å². The molecule has 1 saturated heterocycles. The zero-order valence-electron chi connectivity index (χ0n) is 14.8. The molecule has 25 heavy (non-hydrogen) atoms. The van der Waals surface area contributed by atoms with Gasteiger partial charge in [-0.3, -0.25) is 0 Å². The molecule has 0 bridgehead atoms. The van der Waals surface area contributed by atoms with Gasteiger partial charge < -0.3 is 15.1 Å². The predicted molar refractivity (Wildman–Crippen MR) is 97.3 cm³/mol. The molecule has 0 unspecified atom stereocenters. The first-order valence-corrected chi connectivity index (χ1v) is 8.72. The number of piperazine rings is 1. The van der Waals surface area contributed by atoms with Crippen molar-refractivity contribution in [1.29, 1.82) is 0 Å². The Labute approximate surface area is 148 Å². The van der Waals surface area contributed by atoms with Crippen LogP contribution in [0.1, 0.15) is 16.7 Å². The van der Waals surface area contributed by atoms with Crippen LogP contribution >= 0.6 is 0 Å². The van der Waals surface area contributed by atoms with Gasteiger partial charge in [0.2, 0.25) is 0 Å². The largest absolute Gasteiger partial charge is 0.328 e. The number of anilines is 1. The number of quaternary nitrogens is 1. The van der Waals surface area contributed by atoms with E-state index in [1.54, 1.807) is 12.1 Å². The van der Waals surface area contributed by atoms with Crippen LogP contribution in [0.3, 0.4) is 0 Å². The van der Waals surface area contributed by atoms with Crippen molar-refractivity contribution in [2.75, 3.05) is 31.5 Å². The standard InChI is InChI=1S/C20H24FN3O/c1-15-6-7-19(12-16(15)2)22-20(25)24-10-8-23(9-11-24)14-17-4-3-5-18(21)13-17/h3-7,12-13H,8-11,14H2,1-2H3,(H,22,25)/p+1. The Bertz CT molecular complexity index is 754. The summed E-state index contributed by atoms with van der Waals surface area (Å²) in [5, 5.41) is 2.98.